The van der Waals surface area contributed by atoms with Crippen LogP contribution in [0.25, 0.3) is 16.7 Å². The molecule has 0 fully saturated rings. The topological polar surface area (TPSA) is 27.1 Å². The van der Waals surface area contributed by atoms with Crippen LogP contribution in [0, 0.1) is 6.92 Å². The quantitative estimate of drug-likeness (QED) is 0.710. The molecule has 0 amide bonds. The van der Waals surface area contributed by atoms with E-state index >= 15 is 0 Å². The number of para-hydroxylation sites is 2. The molecular formula is C17H18N2O. The van der Waals surface area contributed by atoms with Gasteiger partial charge >= 0.3 is 0 Å². The van der Waals surface area contributed by atoms with Gasteiger partial charge in [-0.1, -0.05) is 31.2 Å². The Morgan fingerprint density at radius 1 is 1.05 bits per heavy atom. The summed E-state index contributed by atoms with van der Waals surface area (Å²) >= 11 is 0. The van der Waals surface area contributed by atoms with Gasteiger partial charge < -0.3 is 4.74 Å². The zero-order valence-electron chi connectivity index (χ0n) is 11.8. The summed E-state index contributed by atoms with van der Waals surface area (Å²) in [6.45, 7) is 4.85. The molecule has 3 heteroatoms. The van der Waals surface area contributed by atoms with Crippen molar-refractivity contribution in [1.29, 1.82) is 0 Å². The molecule has 2 aromatic carbocycles. The number of rotatable bonds is 4. The maximum atomic E-state index is 5.80. The molecule has 20 heavy (non-hydrogen) atoms. The molecule has 0 N–H and O–H groups in total. The van der Waals surface area contributed by atoms with Crippen molar-refractivity contribution in [1.82, 2.24) is 9.55 Å². The molecule has 3 rings (SSSR count). The fraction of sp³-hybridized carbons (Fsp3) is 0.235. The van der Waals surface area contributed by atoms with Crippen molar-refractivity contribution in [2.75, 3.05) is 6.61 Å². The third-order valence-corrected chi connectivity index (χ3v) is 3.29. The van der Waals surface area contributed by atoms with E-state index in [-0.39, 0.29) is 0 Å². The van der Waals surface area contributed by atoms with Gasteiger partial charge in [0.25, 0.3) is 0 Å². The Labute approximate surface area is 118 Å². The molecule has 0 spiro atoms. The molecule has 0 saturated carbocycles. The van der Waals surface area contributed by atoms with Crippen LogP contribution in [-0.4, -0.2) is 16.2 Å². The highest BCUT2D eigenvalue weighted by molar-refractivity contribution is 5.84. The van der Waals surface area contributed by atoms with Crippen molar-refractivity contribution in [3.8, 4) is 11.4 Å². The van der Waals surface area contributed by atoms with E-state index in [1.807, 2.05) is 37.3 Å². The number of benzene rings is 2. The zero-order chi connectivity index (χ0) is 13.9. The summed E-state index contributed by atoms with van der Waals surface area (Å²) in [7, 11) is 0. The van der Waals surface area contributed by atoms with Crippen LogP contribution in [0.4, 0.5) is 0 Å². The largest absolute Gasteiger partial charge is 0.491 e. The van der Waals surface area contributed by atoms with Gasteiger partial charge in [-0.3, -0.25) is 4.57 Å². The van der Waals surface area contributed by atoms with Crippen LogP contribution >= 0.6 is 0 Å². The average Bonchev–Trinajstić information content (AvgIpc) is 2.82. The normalized spacial score (nSPS) is 10.9. The first-order valence-corrected chi connectivity index (χ1v) is 6.97. The molecule has 1 aromatic heterocycles. The number of nitrogens with zero attached hydrogens (tertiary/aromatic N) is 2. The zero-order valence-corrected chi connectivity index (χ0v) is 11.8. The van der Waals surface area contributed by atoms with Gasteiger partial charge in [0, 0.05) is 5.69 Å². The van der Waals surface area contributed by atoms with E-state index in [2.05, 4.69) is 34.7 Å². The SMILES string of the molecule is CCCOc1cccc2c1nc(C)n2-c1ccccc1. The molecule has 0 atom stereocenters. The number of imidazole rings is 1. The van der Waals surface area contributed by atoms with Crippen LogP contribution in [0.3, 0.4) is 0 Å². The highest BCUT2D eigenvalue weighted by Crippen LogP contribution is 2.28. The summed E-state index contributed by atoms with van der Waals surface area (Å²) in [5.74, 6) is 1.83. The molecular weight excluding hydrogens is 248 g/mol. The lowest BCUT2D eigenvalue weighted by Crippen LogP contribution is -1.97. The summed E-state index contributed by atoms with van der Waals surface area (Å²) < 4.78 is 7.96. The van der Waals surface area contributed by atoms with Gasteiger partial charge in [0.1, 0.15) is 17.1 Å². The first kappa shape index (κ1) is 12.7. The summed E-state index contributed by atoms with van der Waals surface area (Å²) in [6.07, 6.45) is 0.995. The van der Waals surface area contributed by atoms with E-state index in [4.69, 9.17) is 4.74 Å². The lowest BCUT2D eigenvalue weighted by Gasteiger charge is -2.07. The van der Waals surface area contributed by atoms with Gasteiger partial charge in [0.2, 0.25) is 0 Å². The van der Waals surface area contributed by atoms with Crippen LogP contribution in [0.1, 0.15) is 19.2 Å². The van der Waals surface area contributed by atoms with E-state index in [1.165, 1.54) is 0 Å². The van der Waals surface area contributed by atoms with Crippen molar-refractivity contribution in [2.24, 2.45) is 0 Å². The molecule has 0 saturated heterocycles. The monoisotopic (exact) mass is 266 g/mol. The van der Waals surface area contributed by atoms with Gasteiger partial charge in [-0.15, -0.1) is 0 Å². The van der Waals surface area contributed by atoms with Crippen LogP contribution in [0.15, 0.2) is 48.5 Å². The third kappa shape index (κ3) is 2.16. The fourth-order valence-corrected chi connectivity index (χ4v) is 2.42. The summed E-state index contributed by atoms with van der Waals surface area (Å²) in [4.78, 5) is 4.68. The van der Waals surface area contributed by atoms with Crippen molar-refractivity contribution in [3.63, 3.8) is 0 Å². The highest BCUT2D eigenvalue weighted by Gasteiger charge is 2.12. The molecule has 0 unspecified atom stereocenters. The average molecular weight is 266 g/mol. The van der Waals surface area contributed by atoms with Crippen molar-refractivity contribution < 1.29 is 4.74 Å². The number of fused-ring (bicyclic) bond motifs is 1. The molecule has 0 radical (unpaired) electrons. The number of hydrogen-bond acceptors (Lipinski definition) is 2. The predicted octanol–water partition coefficient (Wildman–Crippen LogP) is 4.12. The standard InChI is InChI=1S/C17H18N2O/c1-3-12-20-16-11-7-10-15-17(16)18-13(2)19(15)14-8-5-4-6-9-14/h4-11H,3,12H2,1-2H3. The third-order valence-electron chi connectivity index (χ3n) is 3.29. The van der Waals surface area contributed by atoms with E-state index in [0.717, 1.165) is 41.3 Å². The second-order valence-corrected chi connectivity index (χ2v) is 4.80. The number of hydrogen-bond donors (Lipinski definition) is 0. The molecule has 0 aliphatic carbocycles. The first-order valence-electron chi connectivity index (χ1n) is 6.97. The van der Waals surface area contributed by atoms with Gasteiger partial charge in [-0.05, 0) is 37.6 Å². The lowest BCUT2D eigenvalue weighted by molar-refractivity contribution is 0.320. The maximum Gasteiger partial charge on any atom is 0.147 e. The minimum absolute atomic E-state index is 0.719. The molecule has 0 aliphatic heterocycles. The molecule has 3 aromatic rings. The lowest BCUT2D eigenvalue weighted by atomic mass is 10.2. The number of aromatic nitrogens is 2. The second kappa shape index (κ2) is 5.37. The van der Waals surface area contributed by atoms with Crippen LogP contribution in [0.5, 0.6) is 5.75 Å². The smallest absolute Gasteiger partial charge is 0.147 e. The van der Waals surface area contributed by atoms with E-state index < -0.39 is 0 Å². The molecule has 3 nitrogen and oxygen atoms in total. The van der Waals surface area contributed by atoms with Gasteiger partial charge in [0.15, 0.2) is 0 Å². The van der Waals surface area contributed by atoms with Crippen LogP contribution in [-0.2, 0) is 0 Å². The summed E-state index contributed by atoms with van der Waals surface area (Å²) in [5, 5.41) is 0. The maximum absolute atomic E-state index is 5.80. The second-order valence-electron chi connectivity index (χ2n) is 4.80. The minimum atomic E-state index is 0.719. The van der Waals surface area contributed by atoms with Crippen molar-refractivity contribution in [2.45, 2.75) is 20.3 Å². The van der Waals surface area contributed by atoms with Crippen LogP contribution < -0.4 is 4.74 Å². The first-order chi connectivity index (χ1) is 9.81. The predicted molar refractivity (Wildman–Crippen MR) is 81.6 cm³/mol. The highest BCUT2D eigenvalue weighted by atomic mass is 16.5. The van der Waals surface area contributed by atoms with E-state index in [1.54, 1.807) is 0 Å². The fourth-order valence-electron chi connectivity index (χ4n) is 2.42. The Hall–Kier alpha value is -2.29. The number of ether oxygens (including phenoxy) is 1. The molecule has 1 heterocycles. The van der Waals surface area contributed by atoms with Gasteiger partial charge in [-0.25, -0.2) is 4.98 Å². The Balaban J connectivity index is 2.17. The Morgan fingerprint density at radius 2 is 1.85 bits per heavy atom. The van der Waals surface area contributed by atoms with Crippen molar-refractivity contribution in [3.05, 3.63) is 54.4 Å². The summed E-state index contributed by atoms with van der Waals surface area (Å²) in [6, 6.07) is 16.4. The Bertz CT molecular complexity index is 716. The molecule has 102 valence electrons. The van der Waals surface area contributed by atoms with Crippen molar-refractivity contribution >= 4 is 11.0 Å². The van der Waals surface area contributed by atoms with E-state index in [0.29, 0.717) is 0 Å². The minimum Gasteiger partial charge on any atom is -0.491 e. The van der Waals surface area contributed by atoms with Gasteiger partial charge in [0.05, 0.1) is 12.1 Å². The summed E-state index contributed by atoms with van der Waals surface area (Å²) in [5.41, 5.74) is 3.14. The van der Waals surface area contributed by atoms with E-state index in [9.17, 15) is 0 Å². The Morgan fingerprint density at radius 3 is 2.60 bits per heavy atom. The number of aryl methyl sites for hydroxylation is 1. The molecule has 0 bridgehead atoms. The van der Waals surface area contributed by atoms with Gasteiger partial charge in [-0.2, -0.15) is 0 Å². The molecule has 0 aliphatic rings. The van der Waals surface area contributed by atoms with Crippen LogP contribution in [0.2, 0.25) is 0 Å². The Kier molecular flexibility index (Phi) is 3.42.